The SMILES string of the molecule is Cc1cc(-n2c3ccccc3c3ccc(Oc4cccc(N5CN(C)c6ccccc65)c4)cc32)ncc1-c1c(-n2c3cc(C(C)(C)C)ccc3c3ccc(C(C)(C)C)cc32)cccc1-n1c2cc(C(C)(C)C)ccc2c2ccc(C(C)(C)C)cc21. The molecule has 0 radical (unpaired) electrons. The topological polar surface area (TPSA) is 43.4 Å². The zero-order valence-corrected chi connectivity index (χ0v) is 51.8. The van der Waals surface area contributed by atoms with Crippen LogP contribution >= 0.6 is 0 Å². The number of fused-ring (bicyclic) bond motifs is 10. The maximum Gasteiger partial charge on any atom is 0.137 e. The first kappa shape index (κ1) is 53.9. The molecule has 13 aromatic rings. The molecule has 0 spiro atoms. The highest BCUT2D eigenvalue weighted by molar-refractivity contribution is 6.13. The van der Waals surface area contributed by atoms with Gasteiger partial charge in [0.25, 0.3) is 0 Å². The van der Waals surface area contributed by atoms with Crippen molar-refractivity contribution in [3.8, 4) is 39.8 Å². The second-order valence-electron chi connectivity index (χ2n) is 28.0. The van der Waals surface area contributed by atoms with Crippen LogP contribution in [0.2, 0.25) is 0 Å². The van der Waals surface area contributed by atoms with Crippen molar-refractivity contribution in [3.05, 3.63) is 222 Å². The van der Waals surface area contributed by atoms with Gasteiger partial charge in [-0.3, -0.25) is 4.57 Å². The summed E-state index contributed by atoms with van der Waals surface area (Å²) in [5.41, 5.74) is 20.7. The fourth-order valence-corrected chi connectivity index (χ4v) is 13.2. The van der Waals surface area contributed by atoms with E-state index in [0.29, 0.717) is 0 Å². The minimum atomic E-state index is -0.0747. The molecule has 5 heterocycles. The normalized spacial score (nSPS) is 13.4. The van der Waals surface area contributed by atoms with Crippen molar-refractivity contribution in [3.63, 3.8) is 0 Å². The number of anilines is 3. The Morgan fingerprint density at radius 2 is 0.800 bits per heavy atom. The van der Waals surface area contributed by atoms with Gasteiger partial charge in [-0.25, -0.2) is 4.98 Å². The van der Waals surface area contributed by atoms with Gasteiger partial charge >= 0.3 is 0 Å². The summed E-state index contributed by atoms with van der Waals surface area (Å²) < 4.78 is 14.3. The van der Waals surface area contributed by atoms with Gasteiger partial charge in [-0.2, -0.15) is 0 Å². The average Bonchev–Trinajstić information content (AvgIpc) is 1.69. The number of hydrogen-bond donors (Lipinski definition) is 0. The minimum absolute atomic E-state index is 0.0747. The van der Waals surface area contributed by atoms with Crippen LogP contribution in [0.1, 0.15) is 111 Å². The molecule has 0 atom stereocenters. The maximum atomic E-state index is 6.83. The van der Waals surface area contributed by atoms with E-state index in [2.05, 4.69) is 309 Å². The Morgan fingerprint density at radius 1 is 0.376 bits per heavy atom. The smallest absolute Gasteiger partial charge is 0.137 e. The minimum Gasteiger partial charge on any atom is -0.457 e. The number of aromatic nitrogens is 4. The first-order valence-electron chi connectivity index (χ1n) is 30.2. The molecular formula is C78H76N6O. The van der Waals surface area contributed by atoms with E-state index in [9.17, 15) is 0 Å². The lowest BCUT2D eigenvalue weighted by atomic mass is 9.86. The van der Waals surface area contributed by atoms with Crippen LogP contribution in [0.4, 0.5) is 17.1 Å². The molecule has 0 saturated carbocycles. The summed E-state index contributed by atoms with van der Waals surface area (Å²) in [7, 11) is 2.14. The molecule has 0 amide bonds. The highest BCUT2D eigenvalue weighted by Crippen LogP contribution is 2.47. The number of hydrogen-bond acceptors (Lipinski definition) is 4. The predicted molar refractivity (Wildman–Crippen MR) is 361 cm³/mol. The van der Waals surface area contributed by atoms with Crippen LogP contribution in [-0.2, 0) is 21.7 Å². The Balaban J connectivity index is 1.01. The van der Waals surface area contributed by atoms with Crippen molar-refractivity contribution in [2.75, 3.05) is 23.5 Å². The molecule has 0 fully saturated rings. The van der Waals surface area contributed by atoms with Gasteiger partial charge in [-0.1, -0.05) is 174 Å². The molecule has 0 bridgehead atoms. The molecule has 0 aliphatic carbocycles. The van der Waals surface area contributed by atoms with Gasteiger partial charge in [0.15, 0.2) is 0 Å². The first-order valence-corrected chi connectivity index (χ1v) is 30.2. The van der Waals surface area contributed by atoms with Crippen LogP contribution in [-0.4, -0.2) is 32.4 Å². The number of ether oxygens (including phenoxy) is 1. The summed E-state index contributed by atoms with van der Waals surface area (Å²) in [5, 5.41) is 7.23. The van der Waals surface area contributed by atoms with E-state index < -0.39 is 0 Å². The molecule has 0 unspecified atom stereocenters. The zero-order valence-electron chi connectivity index (χ0n) is 51.8. The zero-order chi connectivity index (χ0) is 59.2. The standard InChI is InChI=1S/C78H76N6O/c1-48-39-73(84-63-24-16-15-23-56(63)61-38-33-55(45-72(61)84)85-54-22-19-21-53(44-54)81-47-80(14)64-25-17-18-26-65(64)81)79-46-62(48)74-66(82-68-40-49(75(2,3)4)29-34-57(68)58-35-30-50(41-69(58)82)76(5,6)7)27-20-28-67(74)83-70-42-51(77(8,9)10)31-36-59(70)60-37-32-52(43-71(60)83)78(11,12)13/h15-46H,47H2,1-14H3. The van der Waals surface area contributed by atoms with Crippen molar-refractivity contribution >= 4 is 82.5 Å². The summed E-state index contributed by atoms with van der Waals surface area (Å²) in [6.45, 7) is 30.9. The van der Waals surface area contributed by atoms with Gasteiger partial charge in [0.05, 0.1) is 62.5 Å². The predicted octanol–water partition coefficient (Wildman–Crippen LogP) is 20.9. The van der Waals surface area contributed by atoms with Crippen molar-refractivity contribution in [2.45, 2.75) is 112 Å². The molecule has 1 aliphatic rings. The molecule has 14 rings (SSSR count). The van der Waals surface area contributed by atoms with Gasteiger partial charge in [-0.15, -0.1) is 0 Å². The van der Waals surface area contributed by atoms with E-state index in [1.54, 1.807) is 0 Å². The van der Waals surface area contributed by atoms with Crippen LogP contribution in [0.15, 0.2) is 194 Å². The van der Waals surface area contributed by atoms with E-state index in [1.807, 2.05) is 6.07 Å². The molecule has 0 N–H and O–H groups in total. The van der Waals surface area contributed by atoms with Crippen molar-refractivity contribution < 1.29 is 4.74 Å². The third-order valence-corrected chi connectivity index (χ3v) is 18.0. The van der Waals surface area contributed by atoms with E-state index in [0.717, 1.165) is 79.5 Å². The Bertz CT molecular complexity index is 4550. The number of pyridine rings is 1. The van der Waals surface area contributed by atoms with E-state index in [-0.39, 0.29) is 21.7 Å². The van der Waals surface area contributed by atoms with Gasteiger partial charge in [0.2, 0.25) is 0 Å². The second kappa shape index (κ2) is 19.2. The number of nitrogens with zero attached hydrogens (tertiary/aromatic N) is 6. The molecule has 9 aromatic carbocycles. The average molecular weight is 1110 g/mol. The summed E-state index contributed by atoms with van der Waals surface area (Å²) in [5.74, 6) is 2.37. The highest BCUT2D eigenvalue weighted by Gasteiger charge is 2.29. The van der Waals surface area contributed by atoms with Crippen LogP contribution in [0.3, 0.4) is 0 Å². The van der Waals surface area contributed by atoms with Crippen LogP contribution in [0, 0.1) is 6.92 Å². The van der Waals surface area contributed by atoms with E-state index >= 15 is 0 Å². The van der Waals surface area contributed by atoms with Crippen LogP contribution < -0.4 is 14.5 Å². The Kier molecular flexibility index (Phi) is 12.2. The summed E-state index contributed by atoms with van der Waals surface area (Å²) >= 11 is 0. The summed E-state index contributed by atoms with van der Waals surface area (Å²) in [6, 6.07) is 70.0. The molecule has 4 aromatic heterocycles. The Morgan fingerprint density at radius 3 is 1.31 bits per heavy atom. The van der Waals surface area contributed by atoms with Crippen LogP contribution in [0.25, 0.3) is 93.7 Å². The first-order chi connectivity index (χ1) is 40.5. The molecule has 1 aliphatic heterocycles. The summed E-state index contributed by atoms with van der Waals surface area (Å²) in [4.78, 5) is 10.2. The second-order valence-corrected chi connectivity index (χ2v) is 28.0. The van der Waals surface area contributed by atoms with Crippen molar-refractivity contribution in [1.82, 2.24) is 18.7 Å². The Hall–Kier alpha value is -9.07. The number of rotatable bonds is 7. The number of aryl methyl sites for hydroxylation is 1. The fraction of sp³-hybridized carbons (Fsp3) is 0.244. The van der Waals surface area contributed by atoms with Crippen molar-refractivity contribution in [1.29, 1.82) is 0 Å². The lowest BCUT2D eigenvalue weighted by Crippen LogP contribution is -2.23. The quantitative estimate of drug-likeness (QED) is 0.160. The molecule has 0 saturated heterocycles. The number of para-hydroxylation sites is 3. The van der Waals surface area contributed by atoms with Crippen LogP contribution in [0.5, 0.6) is 11.5 Å². The molecule has 85 heavy (non-hydrogen) atoms. The van der Waals surface area contributed by atoms with E-state index in [1.165, 1.54) is 77.2 Å². The molecule has 424 valence electrons. The third kappa shape index (κ3) is 8.96. The lowest BCUT2D eigenvalue weighted by Gasteiger charge is -2.24. The number of benzene rings is 9. The molecule has 7 heteroatoms. The van der Waals surface area contributed by atoms with Gasteiger partial charge < -0.3 is 23.7 Å². The van der Waals surface area contributed by atoms with Gasteiger partial charge in [0.1, 0.15) is 17.3 Å². The lowest BCUT2D eigenvalue weighted by molar-refractivity contribution is 0.483. The molecular weight excluding hydrogens is 1040 g/mol. The van der Waals surface area contributed by atoms with Crippen molar-refractivity contribution in [2.24, 2.45) is 0 Å². The van der Waals surface area contributed by atoms with Gasteiger partial charge in [0, 0.05) is 74.5 Å². The Labute approximate surface area is 500 Å². The molecule has 7 nitrogen and oxygen atoms in total. The maximum absolute atomic E-state index is 6.83. The summed E-state index contributed by atoms with van der Waals surface area (Å²) in [6.07, 6.45) is 2.15. The highest BCUT2D eigenvalue weighted by atomic mass is 16.5. The van der Waals surface area contributed by atoms with E-state index in [4.69, 9.17) is 9.72 Å². The fourth-order valence-electron chi connectivity index (χ4n) is 13.2. The largest absolute Gasteiger partial charge is 0.457 e. The monoisotopic (exact) mass is 1110 g/mol. The third-order valence-electron chi connectivity index (χ3n) is 18.0. The van der Waals surface area contributed by atoms with Gasteiger partial charge in [-0.05, 0) is 141 Å².